The van der Waals surface area contributed by atoms with Crippen molar-refractivity contribution in [3.8, 4) is 5.69 Å². The first-order valence-corrected chi connectivity index (χ1v) is 9.79. The molecule has 140 valence electrons. The first-order valence-electron chi connectivity index (χ1n) is 9.41. The van der Waals surface area contributed by atoms with Gasteiger partial charge in [0.15, 0.2) is 0 Å². The molecule has 5 nitrogen and oxygen atoms in total. The van der Waals surface area contributed by atoms with Crippen LogP contribution in [0.1, 0.15) is 23.7 Å². The number of halogens is 1. The van der Waals surface area contributed by atoms with Crippen LogP contribution in [0.25, 0.3) is 16.6 Å². The summed E-state index contributed by atoms with van der Waals surface area (Å²) in [6.07, 6.45) is 2.97. The molecule has 2 aromatic carbocycles. The van der Waals surface area contributed by atoms with Crippen molar-refractivity contribution < 1.29 is 4.79 Å². The topological polar surface area (TPSA) is 41.4 Å². The number of piperazine rings is 1. The molecule has 1 aliphatic heterocycles. The van der Waals surface area contributed by atoms with Crippen LogP contribution in [0, 0.1) is 0 Å². The molecule has 1 fully saturated rings. The fourth-order valence-electron chi connectivity index (χ4n) is 3.65. The maximum absolute atomic E-state index is 12.9. The van der Waals surface area contributed by atoms with Crippen molar-refractivity contribution in [2.45, 2.75) is 13.3 Å². The molecule has 27 heavy (non-hydrogen) atoms. The maximum Gasteiger partial charge on any atom is 0.255 e. The molecule has 0 spiro atoms. The normalized spacial score (nSPS) is 15.4. The van der Waals surface area contributed by atoms with Crippen LogP contribution in [-0.2, 0) is 0 Å². The van der Waals surface area contributed by atoms with E-state index in [2.05, 4.69) is 16.9 Å². The first-order chi connectivity index (χ1) is 13.2. The Balaban J connectivity index is 1.54. The van der Waals surface area contributed by atoms with Crippen molar-refractivity contribution in [2.24, 2.45) is 0 Å². The molecule has 0 saturated carbocycles. The van der Waals surface area contributed by atoms with Crippen LogP contribution < -0.4 is 0 Å². The summed E-state index contributed by atoms with van der Waals surface area (Å²) in [7, 11) is 0. The molecule has 0 radical (unpaired) electrons. The smallest absolute Gasteiger partial charge is 0.255 e. The summed E-state index contributed by atoms with van der Waals surface area (Å²) in [6.45, 7) is 6.63. The van der Waals surface area contributed by atoms with E-state index < -0.39 is 0 Å². The molecule has 1 aromatic heterocycles. The fraction of sp³-hybridized carbons (Fsp3) is 0.333. The molecule has 1 saturated heterocycles. The lowest BCUT2D eigenvalue weighted by molar-refractivity contribution is 0.0637. The number of carbonyl (C=O) groups excluding carboxylic acids is 1. The Kier molecular flexibility index (Phi) is 5.14. The average Bonchev–Trinajstić information content (AvgIpc) is 3.12. The largest absolute Gasteiger partial charge is 0.336 e. The van der Waals surface area contributed by atoms with Gasteiger partial charge in [0.1, 0.15) is 0 Å². The number of benzene rings is 2. The average molecular weight is 383 g/mol. The van der Waals surface area contributed by atoms with E-state index in [1.54, 1.807) is 0 Å². The number of amides is 1. The second-order valence-corrected chi connectivity index (χ2v) is 7.32. The third-order valence-corrected chi connectivity index (χ3v) is 5.42. The van der Waals surface area contributed by atoms with E-state index in [1.165, 1.54) is 0 Å². The van der Waals surface area contributed by atoms with Gasteiger partial charge in [-0.1, -0.05) is 36.7 Å². The second kappa shape index (κ2) is 7.71. The molecule has 4 rings (SSSR count). The molecule has 1 aliphatic rings. The van der Waals surface area contributed by atoms with Gasteiger partial charge in [-0.25, -0.2) is 4.68 Å². The van der Waals surface area contributed by atoms with Crippen molar-refractivity contribution in [1.29, 1.82) is 0 Å². The minimum absolute atomic E-state index is 0.00743. The molecular weight excluding hydrogens is 360 g/mol. The maximum atomic E-state index is 12.9. The summed E-state index contributed by atoms with van der Waals surface area (Å²) in [5.41, 5.74) is 2.42. The fourth-order valence-corrected chi connectivity index (χ4v) is 3.90. The van der Waals surface area contributed by atoms with Crippen LogP contribution in [0.3, 0.4) is 0 Å². The predicted octanol–water partition coefficient (Wildman–Crippen LogP) is 3.85. The van der Waals surface area contributed by atoms with Gasteiger partial charge in [-0.15, -0.1) is 0 Å². The molecule has 6 heteroatoms. The van der Waals surface area contributed by atoms with Gasteiger partial charge in [-0.05, 0) is 37.2 Å². The number of aromatic nitrogens is 2. The lowest BCUT2D eigenvalue weighted by Crippen LogP contribution is -2.48. The van der Waals surface area contributed by atoms with Gasteiger partial charge >= 0.3 is 0 Å². The van der Waals surface area contributed by atoms with E-state index in [-0.39, 0.29) is 5.91 Å². The third-order valence-electron chi connectivity index (χ3n) is 5.10. The SMILES string of the molecule is CCCN1CCN(C(=O)c2ccc(-n3ncc4ccccc43)cc2Cl)CC1. The summed E-state index contributed by atoms with van der Waals surface area (Å²) in [6, 6.07) is 13.6. The Morgan fingerprint density at radius 2 is 1.89 bits per heavy atom. The minimum Gasteiger partial charge on any atom is -0.336 e. The molecule has 0 atom stereocenters. The summed E-state index contributed by atoms with van der Waals surface area (Å²) in [5.74, 6) is 0.00743. The molecule has 0 aliphatic carbocycles. The quantitative estimate of drug-likeness (QED) is 0.688. The van der Waals surface area contributed by atoms with E-state index in [9.17, 15) is 4.79 Å². The van der Waals surface area contributed by atoms with Crippen LogP contribution >= 0.6 is 11.6 Å². The highest BCUT2D eigenvalue weighted by Crippen LogP contribution is 2.24. The van der Waals surface area contributed by atoms with Crippen molar-refractivity contribution in [2.75, 3.05) is 32.7 Å². The molecule has 3 aromatic rings. The van der Waals surface area contributed by atoms with Gasteiger partial charge < -0.3 is 4.90 Å². The van der Waals surface area contributed by atoms with E-state index in [4.69, 9.17) is 11.6 Å². The van der Waals surface area contributed by atoms with Gasteiger partial charge in [-0.3, -0.25) is 9.69 Å². The number of hydrogen-bond acceptors (Lipinski definition) is 3. The van der Waals surface area contributed by atoms with E-state index in [0.717, 1.165) is 55.7 Å². The Hall–Kier alpha value is -2.37. The van der Waals surface area contributed by atoms with Crippen LogP contribution in [0.5, 0.6) is 0 Å². The van der Waals surface area contributed by atoms with Crippen molar-refractivity contribution >= 4 is 28.4 Å². The number of para-hydroxylation sites is 1. The Bertz CT molecular complexity index is 960. The Morgan fingerprint density at radius 1 is 1.11 bits per heavy atom. The highest BCUT2D eigenvalue weighted by molar-refractivity contribution is 6.34. The van der Waals surface area contributed by atoms with E-state index >= 15 is 0 Å². The van der Waals surface area contributed by atoms with Crippen LogP contribution in [0.15, 0.2) is 48.7 Å². The molecular formula is C21H23ClN4O. The van der Waals surface area contributed by atoms with Gasteiger partial charge in [0.05, 0.1) is 28.0 Å². The van der Waals surface area contributed by atoms with Crippen LogP contribution in [-0.4, -0.2) is 58.2 Å². The Morgan fingerprint density at radius 3 is 2.63 bits per heavy atom. The minimum atomic E-state index is 0.00743. The zero-order chi connectivity index (χ0) is 18.8. The number of fused-ring (bicyclic) bond motifs is 1. The number of carbonyl (C=O) groups is 1. The van der Waals surface area contributed by atoms with Gasteiger partial charge in [0.2, 0.25) is 0 Å². The monoisotopic (exact) mass is 382 g/mol. The predicted molar refractivity (Wildman–Crippen MR) is 109 cm³/mol. The zero-order valence-corrected chi connectivity index (χ0v) is 16.2. The highest BCUT2D eigenvalue weighted by Gasteiger charge is 2.23. The first kappa shape index (κ1) is 18.0. The van der Waals surface area contributed by atoms with Crippen molar-refractivity contribution in [3.05, 3.63) is 59.2 Å². The number of rotatable bonds is 4. The van der Waals surface area contributed by atoms with Crippen molar-refractivity contribution in [1.82, 2.24) is 19.6 Å². The number of nitrogens with zero attached hydrogens (tertiary/aromatic N) is 4. The molecule has 2 heterocycles. The third kappa shape index (κ3) is 3.57. The molecule has 1 amide bonds. The van der Waals surface area contributed by atoms with Crippen molar-refractivity contribution in [3.63, 3.8) is 0 Å². The number of hydrogen-bond donors (Lipinski definition) is 0. The van der Waals surface area contributed by atoms with Gasteiger partial charge in [-0.2, -0.15) is 5.10 Å². The molecule has 0 N–H and O–H groups in total. The summed E-state index contributed by atoms with van der Waals surface area (Å²) in [4.78, 5) is 17.2. The van der Waals surface area contributed by atoms with Crippen LogP contribution in [0.4, 0.5) is 0 Å². The lowest BCUT2D eigenvalue weighted by atomic mass is 10.1. The van der Waals surface area contributed by atoms with E-state index in [0.29, 0.717) is 10.6 Å². The summed E-state index contributed by atoms with van der Waals surface area (Å²) in [5, 5.41) is 5.99. The highest BCUT2D eigenvalue weighted by atomic mass is 35.5. The van der Waals surface area contributed by atoms with Crippen LogP contribution in [0.2, 0.25) is 5.02 Å². The lowest BCUT2D eigenvalue weighted by Gasteiger charge is -2.34. The summed E-state index contributed by atoms with van der Waals surface area (Å²) < 4.78 is 1.85. The molecule has 0 bridgehead atoms. The van der Waals surface area contributed by atoms with E-state index in [1.807, 2.05) is 58.2 Å². The van der Waals surface area contributed by atoms with Gasteiger partial charge in [0, 0.05) is 31.6 Å². The second-order valence-electron chi connectivity index (χ2n) is 6.91. The van der Waals surface area contributed by atoms with Gasteiger partial charge in [0.25, 0.3) is 5.91 Å². The Labute approximate surface area is 164 Å². The standard InChI is InChI=1S/C21H23ClN4O/c1-2-9-24-10-12-25(13-11-24)21(27)18-8-7-17(14-19(18)22)26-20-6-4-3-5-16(20)15-23-26/h3-8,14-15H,2,9-13H2,1H3. The zero-order valence-electron chi connectivity index (χ0n) is 15.4. The molecule has 0 unspecified atom stereocenters. The summed E-state index contributed by atoms with van der Waals surface area (Å²) >= 11 is 6.49.